The van der Waals surface area contributed by atoms with Crippen molar-refractivity contribution in [2.75, 3.05) is 26.2 Å². The summed E-state index contributed by atoms with van der Waals surface area (Å²) in [4.78, 5) is 41.2. The van der Waals surface area contributed by atoms with E-state index in [1.54, 1.807) is 12.3 Å². The Hall–Kier alpha value is -4.38. The number of amides is 1. The van der Waals surface area contributed by atoms with Gasteiger partial charge in [0.15, 0.2) is 5.76 Å². The molecule has 0 aliphatic carbocycles. The van der Waals surface area contributed by atoms with Crippen molar-refractivity contribution in [2.45, 2.75) is 6.54 Å². The third-order valence-electron chi connectivity index (χ3n) is 6.14. The number of aromatic hydroxyl groups is 1. The lowest BCUT2D eigenvalue weighted by atomic mass is 10.0. The Morgan fingerprint density at radius 1 is 1.21 bits per heavy atom. The van der Waals surface area contributed by atoms with Gasteiger partial charge in [0.2, 0.25) is 5.78 Å². The fourth-order valence-electron chi connectivity index (χ4n) is 4.27. The second kappa shape index (κ2) is 8.19. The van der Waals surface area contributed by atoms with Gasteiger partial charge in [0, 0.05) is 67.5 Å². The maximum absolute atomic E-state index is 13.0. The summed E-state index contributed by atoms with van der Waals surface area (Å²) < 4.78 is 5.90. The van der Waals surface area contributed by atoms with E-state index >= 15 is 0 Å². The summed E-state index contributed by atoms with van der Waals surface area (Å²) in [5, 5.41) is 31.3. The average molecular weight is 464 g/mol. The predicted octanol–water partition coefficient (Wildman–Crippen LogP) is 3.19. The van der Waals surface area contributed by atoms with Gasteiger partial charge in [-0.15, -0.1) is 0 Å². The number of fused-ring (bicyclic) bond motifs is 2. The highest BCUT2D eigenvalue weighted by Crippen LogP contribution is 2.40. The number of phenolic OH excluding ortho intramolecular Hbond substituents is 1. The molecular weight excluding hydrogens is 444 g/mol. The molecule has 1 fully saturated rings. The van der Waals surface area contributed by atoms with Gasteiger partial charge in [-0.05, 0) is 24.3 Å². The lowest BCUT2D eigenvalue weighted by molar-refractivity contribution is -0.384. The number of Topliss-reactive ketones (excluding diaryl/α,β-unsaturated/α-hetero) is 1. The number of nitrogens with zero attached hydrogens (tertiary/aromatic N) is 3. The van der Waals surface area contributed by atoms with Crippen LogP contribution in [0.2, 0.25) is 0 Å². The molecule has 1 amide bonds. The molecule has 0 radical (unpaired) electrons. The number of hydrogen-bond acceptors (Lipinski definition) is 7. The Bertz CT molecular complexity index is 1370. The topological polar surface area (TPSA) is 149 Å². The Kier molecular flexibility index (Phi) is 5.17. The zero-order valence-corrected chi connectivity index (χ0v) is 17.9. The maximum atomic E-state index is 13.0. The largest absolute Gasteiger partial charge is 0.507 e. The van der Waals surface area contributed by atoms with E-state index in [0.717, 1.165) is 0 Å². The minimum absolute atomic E-state index is 0.0174. The number of H-pyrrole nitrogens is 1. The van der Waals surface area contributed by atoms with Crippen LogP contribution in [-0.4, -0.2) is 68.0 Å². The van der Waals surface area contributed by atoms with Gasteiger partial charge in [-0.1, -0.05) is 0 Å². The number of phenols is 1. The molecule has 2 aliphatic rings. The van der Waals surface area contributed by atoms with Crippen molar-refractivity contribution in [1.82, 2.24) is 14.8 Å². The smallest absolute Gasteiger partial charge is 0.407 e. The number of carbonyl (C=O) groups excluding carboxylic acids is 1. The highest BCUT2D eigenvalue weighted by Gasteiger charge is 2.32. The number of non-ortho nitro benzene ring substituents is 1. The SMILES string of the molecule is O=C1C(=Cc2c[nH]c3ccc([N+](=O)[O-])cc23)Oc2c1ccc(O)c2CN1CCN(C(=O)O)CC1. The number of hydrogen-bond donors (Lipinski definition) is 3. The van der Waals surface area contributed by atoms with Crippen LogP contribution in [0.15, 0.2) is 42.3 Å². The number of benzene rings is 2. The first-order valence-corrected chi connectivity index (χ1v) is 10.6. The molecule has 0 atom stereocenters. The number of rotatable bonds is 4. The van der Waals surface area contributed by atoms with Crippen molar-refractivity contribution < 1.29 is 29.5 Å². The molecule has 1 aromatic heterocycles. The van der Waals surface area contributed by atoms with Gasteiger partial charge in [-0.3, -0.25) is 19.8 Å². The second-order valence-electron chi connectivity index (χ2n) is 8.16. The van der Waals surface area contributed by atoms with E-state index < -0.39 is 11.0 Å². The van der Waals surface area contributed by atoms with Crippen LogP contribution >= 0.6 is 0 Å². The minimum Gasteiger partial charge on any atom is -0.507 e. The molecule has 3 heterocycles. The summed E-state index contributed by atoms with van der Waals surface area (Å²) in [6.07, 6.45) is 2.20. The number of nitro groups is 1. The van der Waals surface area contributed by atoms with Crippen LogP contribution in [-0.2, 0) is 6.54 Å². The normalized spacial score (nSPS) is 17.2. The lowest BCUT2D eigenvalue weighted by Crippen LogP contribution is -2.47. The van der Waals surface area contributed by atoms with Gasteiger partial charge >= 0.3 is 6.09 Å². The van der Waals surface area contributed by atoms with E-state index in [0.29, 0.717) is 60.3 Å². The zero-order valence-electron chi connectivity index (χ0n) is 17.9. The van der Waals surface area contributed by atoms with Crippen LogP contribution < -0.4 is 4.74 Å². The fraction of sp³-hybridized carbons (Fsp3) is 0.217. The van der Waals surface area contributed by atoms with Crippen LogP contribution in [0, 0.1) is 10.1 Å². The van der Waals surface area contributed by atoms with Crippen LogP contribution in [0.1, 0.15) is 21.5 Å². The Morgan fingerprint density at radius 3 is 2.68 bits per heavy atom. The molecule has 0 saturated carbocycles. The molecule has 2 aromatic carbocycles. The number of aromatic nitrogens is 1. The first-order chi connectivity index (χ1) is 16.3. The molecule has 0 unspecified atom stereocenters. The summed E-state index contributed by atoms with van der Waals surface area (Å²) in [5.74, 6) is -0.0596. The maximum Gasteiger partial charge on any atom is 0.407 e. The van der Waals surface area contributed by atoms with Crippen molar-refractivity contribution in [3.05, 3.63) is 69.1 Å². The molecule has 5 rings (SSSR count). The van der Waals surface area contributed by atoms with Gasteiger partial charge < -0.3 is 24.8 Å². The van der Waals surface area contributed by atoms with Crippen LogP contribution in [0.4, 0.5) is 10.5 Å². The number of ketones is 1. The molecule has 0 bridgehead atoms. The fourth-order valence-corrected chi connectivity index (χ4v) is 4.27. The number of nitrogens with one attached hydrogen (secondary N) is 1. The van der Waals surface area contributed by atoms with E-state index in [4.69, 9.17) is 9.84 Å². The summed E-state index contributed by atoms with van der Waals surface area (Å²) in [5.41, 5.74) is 1.94. The van der Waals surface area contributed by atoms with E-state index in [1.807, 2.05) is 4.90 Å². The van der Waals surface area contributed by atoms with Gasteiger partial charge in [0.05, 0.1) is 16.1 Å². The first kappa shape index (κ1) is 21.5. The molecular formula is C23H20N4O7. The van der Waals surface area contributed by atoms with E-state index in [9.17, 15) is 24.8 Å². The first-order valence-electron chi connectivity index (χ1n) is 10.6. The van der Waals surface area contributed by atoms with Gasteiger partial charge in [-0.2, -0.15) is 0 Å². The molecule has 1 saturated heterocycles. The summed E-state index contributed by atoms with van der Waals surface area (Å²) in [6.45, 7) is 1.97. The molecule has 174 valence electrons. The van der Waals surface area contributed by atoms with Crippen molar-refractivity contribution in [3.63, 3.8) is 0 Å². The third-order valence-corrected chi connectivity index (χ3v) is 6.14. The quantitative estimate of drug-likeness (QED) is 0.303. The average Bonchev–Trinajstić information content (AvgIpc) is 3.36. The number of carboxylic acid groups (broad SMARTS) is 1. The predicted molar refractivity (Wildman–Crippen MR) is 121 cm³/mol. The van der Waals surface area contributed by atoms with Gasteiger partial charge in [-0.25, -0.2) is 4.79 Å². The molecule has 11 heteroatoms. The standard InChI is InChI=1S/C23H20N4O7/c28-19-4-2-15-21(29)20(9-13-11-24-18-3-1-14(27(32)33)10-16(13)18)34-22(15)17(19)12-25-5-7-26(8-6-25)23(30)31/h1-4,9-11,24,28H,5-8,12H2,(H,30,31). The molecule has 3 aromatic rings. The Balaban J connectivity index is 1.43. The minimum atomic E-state index is -0.963. The van der Waals surface area contributed by atoms with E-state index in [2.05, 4.69) is 4.98 Å². The third kappa shape index (κ3) is 3.71. The molecule has 34 heavy (non-hydrogen) atoms. The highest BCUT2D eigenvalue weighted by molar-refractivity contribution is 6.15. The van der Waals surface area contributed by atoms with Crippen molar-refractivity contribution in [3.8, 4) is 11.5 Å². The number of nitro benzene ring substituents is 1. The summed E-state index contributed by atoms with van der Waals surface area (Å²) >= 11 is 0. The highest BCUT2D eigenvalue weighted by atomic mass is 16.6. The molecule has 2 aliphatic heterocycles. The van der Waals surface area contributed by atoms with E-state index in [1.165, 1.54) is 35.2 Å². The monoisotopic (exact) mass is 464 g/mol. The van der Waals surface area contributed by atoms with E-state index in [-0.39, 0.29) is 28.7 Å². The lowest BCUT2D eigenvalue weighted by Gasteiger charge is -2.33. The number of ether oxygens (including phenoxy) is 1. The van der Waals surface area contributed by atoms with Crippen molar-refractivity contribution >= 4 is 34.5 Å². The molecule has 3 N–H and O–H groups in total. The number of piperazine rings is 1. The number of allylic oxidation sites excluding steroid dienone is 1. The van der Waals surface area contributed by atoms with Crippen LogP contribution in [0.3, 0.4) is 0 Å². The van der Waals surface area contributed by atoms with Gasteiger partial charge in [0.25, 0.3) is 5.69 Å². The number of aromatic amines is 1. The van der Waals surface area contributed by atoms with Crippen molar-refractivity contribution in [1.29, 1.82) is 0 Å². The number of carbonyl (C=O) groups is 2. The Labute approximate surface area is 192 Å². The Morgan fingerprint density at radius 2 is 1.97 bits per heavy atom. The van der Waals surface area contributed by atoms with Crippen molar-refractivity contribution in [2.24, 2.45) is 0 Å². The summed E-state index contributed by atoms with van der Waals surface area (Å²) in [7, 11) is 0. The second-order valence-corrected chi connectivity index (χ2v) is 8.16. The van der Waals surface area contributed by atoms with Gasteiger partial charge in [0.1, 0.15) is 11.5 Å². The molecule has 0 spiro atoms. The van der Waals surface area contributed by atoms with Crippen LogP contribution in [0.25, 0.3) is 17.0 Å². The van der Waals surface area contributed by atoms with Crippen LogP contribution in [0.5, 0.6) is 11.5 Å². The molecule has 11 nitrogen and oxygen atoms in total. The zero-order chi connectivity index (χ0) is 24.0. The summed E-state index contributed by atoms with van der Waals surface area (Å²) in [6, 6.07) is 7.37.